The fourth-order valence-electron chi connectivity index (χ4n) is 0.595. The third kappa shape index (κ3) is 1.24. The Labute approximate surface area is 59.0 Å². The second-order valence-corrected chi connectivity index (χ2v) is 2.17. The Morgan fingerprint density at radius 3 is 2.90 bits per heavy atom. The van der Waals surface area contributed by atoms with Crippen molar-refractivity contribution in [3.63, 3.8) is 0 Å². The van der Waals surface area contributed by atoms with Crippen LogP contribution in [0.2, 0.25) is 0 Å². The quantitative estimate of drug-likeness (QED) is 0.575. The van der Waals surface area contributed by atoms with Crippen LogP contribution in [0, 0.1) is 0 Å². The number of nitrogen functional groups attached to an aromatic ring is 1. The third-order valence-corrected chi connectivity index (χ3v) is 1.26. The standard InChI is InChI=1S/C5H11N5/c1-4(2-6)10-8-3-5(7)9-10/h3-4H,2,6H2,1H3,(H2,7,9). The first-order chi connectivity index (χ1) is 4.74. The van der Waals surface area contributed by atoms with Crippen molar-refractivity contribution < 1.29 is 0 Å². The Kier molecular flexibility index (Phi) is 1.86. The molecule has 0 aliphatic carbocycles. The molecule has 1 unspecified atom stereocenters. The summed E-state index contributed by atoms with van der Waals surface area (Å²) in [6, 6.07) is 0.122. The Morgan fingerprint density at radius 1 is 1.80 bits per heavy atom. The zero-order chi connectivity index (χ0) is 7.56. The van der Waals surface area contributed by atoms with Crippen molar-refractivity contribution in [2.45, 2.75) is 13.0 Å². The summed E-state index contributed by atoms with van der Waals surface area (Å²) in [6.07, 6.45) is 1.51. The SMILES string of the molecule is CC(CN)n1ncc(N)n1. The van der Waals surface area contributed by atoms with Gasteiger partial charge < -0.3 is 11.5 Å². The van der Waals surface area contributed by atoms with Gasteiger partial charge in [-0.3, -0.25) is 0 Å². The minimum atomic E-state index is 0.122. The molecule has 0 aliphatic rings. The molecule has 56 valence electrons. The van der Waals surface area contributed by atoms with Crippen molar-refractivity contribution in [3.05, 3.63) is 6.20 Å². The number of anilines is 1. The molecule has 1 aromatic heterocycles. The van der Waals surface area contributed by atoms with Crippen LogP contribution in [-0.2, 0) is 0 Å². The Morgan fingerprint density at radius 2 is 2.50 bits per heavy atom. The van der Waals surface area contributed by atoms with Gasteiger partial charge in [0.25, 0.3) is 0 Å². The fourth-order valence-corrected chi connectivity index (χ4v) is 0.595. The number of hydrogen-bond donors (Lipinski definition) is 2. The lowest BCUT2D eigenvalue weighted by Crippen LogP contribution is -2.18. The van der Waals surface area contributed by atoms with Crippen LogP contribution in [0.1, 0.15) is 13.0 Å². The van der Waals surface area contributed by atoms with E-state index in [0.29, 0.717) is 12.4 Å². The van der Waals surface area contributed by atoms with E-state index >= 15 is 0 Å². The molecule has 1 atom stereocenters. The number of aromatic nitrogens is 3. The number of rotatable bonds is 2. The van der Waals surface area contributed by atoms with Crippen LogP contribution >= 0.6 is 0 Å². The minimum Gasteiger partial charge on any atom is -0.381 e. The van der Waals surface area contributed by atoms with E-state index in [-0.39, 0.29) is 6.04 Å². The summed E-state index contributed by atoms with van der Waals surface area (Å²) in [7, 11) is 0. The maximum Gasteiger partial charge on any atom is 0.165 e. The molecule has 0 radical (unpaired) electrons. The highest BCUT2D eigenvalue weighted by molar-refractivity contribution is 5.19. The molecular weight excluding hydrogens is 130 g/mol. The number of nitrogens with zero attached hydrogens (tertiary/aromatic N) is 3. The van der Waals surface area contributed by atoms with Gasteiger partial charge in [-0.1, -0.05) is 0 Å². The molecule has 4 N–H and O–H groups in total. The molecule has 0 bridgehead atoms. The predicted molar refractivity (Wildman–Crippen MR) is 38.2 cm³/mol. The van der Waals surface area contributed by atoms with Crippen LogP contribution < -0.4 is 11.5 Å². The first kappa shape index (κ1) is 7.01. The summed E-state index contributed by atoms with van der Waals surface area (Å²) in [5.41, 5.74) is 10.7. The second kappa shape index (κ2) is 2.66. The first-order valence-corrected chi connectivity index (χ1v) is 3.11. The van der Waals surface area contributed by atoms with E-state index in [1.54, 1.807) is 0 Å². The van der Waals surface area contributed by atoms with Crippen LogP contribution in [-0.4, -0.2) is 21.5 Å². The first-order valence-electron chi connectivity index (χ1n) is 3.11. The molecular formula is C5H11N5. The molecule has 5 nitrogen and oxygen atoms in total. The Bertz CT molecular complexity index is 206. The monoisotopic (exact) mass is 141 g/mol. The highest BCUT2D eigenvalue weighted by atomic mass is 15.5. The number of hydrogen-bond acceptors (Lipinski definition) is 4. The average molecular weight is 141 g/mol. The van der Waals surface area contributed by atoms with Crippen molar-refractivity contribution >= 4 is 5.82 Å². The maximum absolute atomic E-state index is 5.37. The molecule has 0 spiro atoms. The van der Waals surface area contributed by atoms with Crippen LogP contribution in [0.25, 0.3) is 0 Å². The van der Waals surface area contributed by atoms with Gasteiger partial charge in [-0.25, -0.2) is 0 Å². The van der Waals surface area contributed by atoms with E-state index < -0.39 is 0 Å². The van der Waals surface area contributed by atoms with Crippen molar-refractivity contribution in [1.29, 1.82) is 0 Å². The van der Waals surface area contributed by atoms with Crippen molar-refractivity contribution in [3.8, 4) is 0 Å². The van der Waals surface area contributed by atoms with Gasteiger partial charge in [0.1, 0.15) is 0 Å². The largest absolute Gasteiger partial charge is 0.381 e. The highest BCUT2D eigenvalue weighted by Gasteiger charge is 2.02. The van der Waals surface area contributed by atoms with Crippen LogP contribution in [0.5, 0.6) is 0 Å². The second-order valence-electron chi connectivity index (χ2n) is 2.17. The lowest BCUT2D eigenvalue weighted by molar-refractivity contribution is 0.443. The molecule has 1 rings (SSSR count). The summed E-state index contributed by atoms with van der Waals surface area (Å²) < 4.78 is 0. The fraction of sp³-hybridized carbons (Fsp3) is 0.600. The van der Waals surface area contributed by atoms with Gasteiger partial charge in [0.15, 0.2) is 5.82 Å². The molecule has 0 aromatic carbocycles. The summed E-state index contributed by atoms with van der Waals surface area (Å²) in [4.78, 5) is 1.51. The van der Waals surface area contributed by atoms with Crippen molar-refractivity contribution in [2.24, 2.45) is 5.73 Å². The van der Waals surface area contributed by atoms with Gasteiger partial charge in [-0.05, 0) is 6.92 Å². The molecule has 0 aliphatic heterocycles. The highest BCUT2D eigenvalue weighted by Crippen LogP contribution is 1.99. The normalized spacial score (nSPS) is 13.4. The molecule has 5 heteroatoms. The Balaban J connectivity index is 2.74. The average Bonchev–Trinajstić information content (AvgIpc) is 2.34. The smallest absolute Gasteiger partial charge is 0.165 e. The predicted octanol–water partition coefficient (Wildman–Crippen LogP) is -0.620. The zero-order valence-electron chi connectivity index (χ0n) is 5.86. The van der Waals surface area contributed by atoms with Gasteiger partial charge in [0.05, 0.1) is 12.2 Å². The van der Waals surface area contributed by atoms with Gasteiger partial charge in [-0.2, -0.15) is 9.90 Å². The van der Waals surface area contributed by atoms with Gasteiger partial charge in [-0.15, -0.1) is 5.10 Å². The molecule has 0 saturated carbocycles. The molecule has 1 heterocycles. The van der Waals surface area contributed by atoms with E-state index in [9.17, 15) is 0 Å². The molecule has 0 saturated heterocycles. The topological polar surface area (TPSA) is 82.8 Å². The van der Waals surface area contributed by atoms with E-state index in [0.717, 1.165) is 0 Å². The van der Waals surface area contributed by atoms with Crippen molar-refractivity contribution in [1.82, 2.24) is 15.0 Å². The molecule has 0 fully saturated rings. The van der Waals surface area contributed by atoms with Crippen LogP contribution in [0.15, 0.2) is 6.20 Å². The summed E-state index contributed by atoms with van der Waals surface area (Å²) in [6.45, 7) is 2.45. The summed E-state index contributed by atoms with van der Waals surface area (Å²) in [5, 5.41) is 7.77. The van der Waals surface area contributed by atoms with Crippen LogP contribution in [0.3, 0.4) is 0 Å². The van der Waals surface area contributed by atoms with E-state index in [4.69, 9.17) is 11.5 Å². The third-order valence-electron chi connectivity index (χ3n) is 1.26. The van der Waals surface area contributed by atoms with Gasteiger partial charge >= 0.3 is 0 Å². The molecule has 1 aromatic rings. The van der Waals surface area contributed by atoms with E-state index in [2.05, 4.69) is 10.2 Å². The Hall–Kier alpha value is -1.10. The van der Waals surface area contributed by atoms with Gasteiger partial charge in [0.2, 0.25) is 0 Å². The van der Waals surface area contributed by atoms with Crippen LogP contribution in [0.4, 0.5) is 5.82 Å². The lowest BCUT2D eigenvalue weighted by Gasteiger charge is -2.04. The maximum atomic E-state index is 5.37. The molecule has 0 amide bonds. The van der Waals surface area contributed by atoms with Gasteiger partial charge in [0, 0.05) is 6.54 Å². The lowest BCUT2D eigenvalue weighted by atomic mass is 10.4. The van der Waals surface area contributed by atoms with E-state index in [1.807, 2.05) is 6.92 Å². The summed E-state index contributed by atoms with van der Waals surface area (Å²) in [5.74, 6) is 0.431. The van der Waals surface area contributed by atoms with Crippen molar-refractivity contribution in [2.75, 3.05) is 12.3 Å². The van der Waals surface area contributed by atoms with E-state index in [1.165, 1.54) is 11.0 Å². The minimum absolute atomic E-state index is 0.122. The number of nitrogens with two attached hydrogens (primary N) is 2. The zero-order valence-corrected chi connectivity index (χ0v) is 5.86. The molecule has 10 heavy (non-hydrogen) atoms. The summed E-state index contributed by atoms with van der Waals surface area (Å²) >= 11 is 0.